The highest BCUT2D eigenvalue weighted by Gasteiger charge is 2.54. The molecule has 0 bridgehead atoms. The quantitative estimate of drug-likeness (QED) is 0.732. The molecule has 0 atom stereocenters. The standard InChI is InChI=1S/C16H8F5NO3S/c17-9-3-8(7-22)4-10(5-9)25-12-1-2-13-11(14(12)15(18)19)6-16(20,21)26(13,23)24/h1-5,15H,6H2. The number of rotatable bonds is 3. The average Bonchev–Trinajstić information content (AvgIpc) is 2.71. The molecule has 0 aliphatic carbocycles. The molecule has 2 aromatic rings. The number of fused-ring (bicyclic) bond motifs is 1. The Morgan fingerprint density at radius 2 is 1.88 bits per heavy atom. The van der Waals surface area contributed by atoms with E-state index in [0.717, 1.165) is 30.3 Å². The van der Waals surface area contributed by atoms with Crippen molar-refractivity contribution in [3.8, 4) is 17.6 Å². The first-order valence-corrected chi connectivity index (χ1v) is 8.50. The van der Waals surface area contributed by atoms with Gasteiger partial charge in [0.25, 0.3) is 6.43 Å². The number of halogens is 5. The molecule has 0 amide bonds. The molecule has 26 heavy (non-hydrogen) atoms. The first-order valence-electron chi connectivity index (χ1n) is 7.02. The van der Waals surface area contributed by atoms with Gasteiger partial charge < -0.3 is 4.74 Å². The second-order valence-corrected chi connectivity index (χ2v) is 7.51. The van der Waals surface area contributed by atoms with Crippen molar-refractivity contribution in [3.63, 3.8) is 0 Å². The number of nitrogens with zero attached hydrogens (tertiary/aromatic N) is 1. The van der Waals surface area contributed by atoms with Crippen molar-refractivity contribution in [2.75, 3.05) is 0 Å². The van der Waals surface area contributed by atoms with Crippen LogP contribution in [0.2, 0.25) is 0 Å². The summed E-state index contributed by atoms with van der Waals surface area (Å²) < 4.78 is 96.5. The van der Waals surface area contributed by atoms with Crippen molar-refractivity contribution in [1.29, 1.82) is 5.26 Å². The molecular formula is C16H8F5NO3S. The summed E-state index contributed by atoms with van der Waals surface area (Å²) in [5.41, 5.74) is -1.89. The van der Waals surface area contributed by atoms with E-state index in [0.29, 0.717) is 0 Å². The van der Waals surface area contributed by atoms with E-state index in [1.54, 1.807) is 6.07 Å². The maximum Gasteiger partial charge on any atom is 0.354 e. The fourth-order valence-electron chi connectivity index (χ4n) is 2.66. The van der Waals surface area contributed by atoms with E-state index in [1.807, 2.05) is 0 Å². The maximum absolute atomic E-state index is 13.7. The van der Waals surface area contributed by atoms with E-state index in [-0.39, 0.29) is 11.3 Å². The highest BCUT2D eigenvalue weighted by molar-refractivity contribution is 7.92. The fourth-order valence-corrected chi connectivity index (χ4v) is 4.07. The molecule has 1 aliphatic rings. The Bertz CT molecular complexity index is 1040. The summed E-state index contributed by atoms with van der Waals surface area (Å²) in [4.78, 5) is -0.887. The number of benzene rings is 2. The molecule has 1 heterocycles. The Hall–Kier alpha value is -2.67. The van der Waals surface area contributed by atoms with E-state index in [1.165, 1.54) is 0 Å². The van der Waals surface area contributed by atoms with E-state index >= 15 is 0 Å². The van der Waals surface area contributed by atoms with Crippen molar-refractivity contribution in [2.24, 2.45) is 0 Å². The number of nitriles is 1. The van der Waals surface area contributed by atoms with Crippen LogP contribution in [0.1, 0.15) is 23.1 Å². The van der Waals surface area contributed by atoms with Crippen LogP contribution in [0.15, 0.2) is 35.2 Å². The van der Waals surface area contributed by atoms with Gasteiger partial charge in [-0.25, -0.2) is 21.6 Å². The number of hydrogen-bond donors (Lipinski definition) is 0. The fraction of sp³-hybridized carbons (Fsp3) is 0.188. The second kappa shape index (κ2) is 5.95. The molecule has 4 nitrogen and oxygen atoms in total. The topological polar surface area (TPSA) is 67.2 Å². The summed E-state index contributed by atoms with van der Waals surface area (Å²) in [7, 11) is -5.07. The van der Waals surface area contributed by atoms with E-state index in [9.17, 15) is 30.4 Å². The van der Waals surface area contributed by atoms with E-state index in [4.69, 9.17) is 10.00 Å². The third kappa shape index (κ3) is 2.78. The zero-order valence-corrected chi connectivity index (χ0v) is 13.5. The molecule has 0 fully saturated rings. The average molecular weight is 389 g/mol. The predicted molar refractivity (Wildman–Crippen MR) is 78.4 cm³/mol. The maximum atomic E-state index is 13.7. The van der Waals surface area contributed by atoms with Crippen LogP contribution in [0.25, 0.3) is 0 Å². The first kappa shape index (κ1) is 18.1. The largest absolute Gasteiger partial charge is 0.457 e. The van der Waals surface area contributed by atoms with Crippen LogP contribution in [0.4, 0.5) is 22.0 Å². The Kier molecular flexibility index (Phi) is 4.15. The summed E-state index contributed by atoms with van der Waals surface area (Å²) in [5, 5.41) is 4.59. The molecule has 0 saturated heterocycles. The van der Waals surface area contributed by atoms with Crippen LogP contribution in [0.5, 0.6) is 11.5 Å². The monoisotopic (exact) mass is 389 g/mol. The highest BCUT2D eigenvalue weighted by Crippen LogP contribution is 2.48. The van der Waals surface area contributed by atoms with E-state index < -0.39 is 55.5 Å². The summed E-state index contributed by atoms with van der Waals surface area (Å²) >= 11 is 0. The van der Waals surface area contributed by atoms with Crippen LogP contribution in [0, 0.1) is 17.1 Å². The van der Waals surface area contributed by atoms with Crippen molar-refractivity contribution < 1.29 is 35.1 Å². The van der Waals surface area contributed by atoms with Crippen LogP contribution in [-0.4, -0.2) is 13.7 Å². The minimum atomic E-state index is -5.07. The summed E-state index contributed by atoms with van der Waals surface area (Å²) in [6.07, 6.45) is -4.72. The smallest absolute Gasteiger partial charge is 0.354 e. The van der Waals surface area contributed by atoms with Crippen molar-refractivity contribution >= 4 is 9.84 Å². The second-order valence-electron chi connectivity index (χ2n) is 5.46. The lowest BCUT2D eigenvalue weighted by Gasteiger charge is -2.14. The van der Waals surface area contributed by atoms with Gasteiger partial charge in [-0.05, 0) is 29.8 Å². The van der Waals surface area contributed by atoms with Gasteiger partial charge in [0.2, 0.25) is 9.84 Å². The molecule has 136 valence electrons. The van der Waals surface area contributed by atoms with Gasteiger partial charge in [0.15, 0.2) is 0 Å². The first-order chi connectivity index (χ1) is 12.1. The van der Waals surface area contributed by atoms with Crippen molar-refractivity contribution in [3.05, 3.63) is 52.8 Å². The normalized spacial score (nSPS) is 17.0. The Morgan fingerprint density at radius 3 is 2.50 bits per heavy atom. The van der Waals surface area contributed by atoms with Crippen LogP contribution in [-0.2, 0) is 16.3 Å². The van der Waals surface area contributed by atoms with Gasteiger partial charge in [0.05, 0.1) is 28.5 Å². The Morgan fingerprint density at radius 1 is 1.19 bits per heavy atom. The van der Waals surface area contributed by atoms with Gasteiger partial charge in [0, 0.05) is 6.07 Å². The highest BCUT2D eigenvalue weighted by atomic mass is 32.2. The zero-order valence-electron chi connectivity index (χ0n) is 12.6. The number of ether oxygens (including phenoxy) is 1. The molecule has 1 aliphatic heterocycles. The molecular weight excluding hydrogens is 381 g/mol. The molecule has 0 radical (unpaired) electrons. The van der Waals surface area contributed by atoms with Gasteiger partial charge in [-0.15, -0.1) is 0 Å². The molecule has 0 N–H and O–H groups in total. The molecule has 0 aromatic heterocycles. The third-order valence-electron chi connectivity index (χ3n) is 3.79. The van der Waals surface area contributed by atoms with Crippen LogP contribution < -0.4 is 4.74 Å². The predicted octanol–water partition coefficient (Wildman–Crippen LogP) is 4.35. The zero-order chi connectivity index (χ0) is 19.3. The number of sulfone groups is 1. The summed E-state index contributed by atoms with van der Waals surface area (Å²) in [6.45, 7) is 0. The Labute approximate surface area is 144 Å². The van der Waals surface area contributed by atoms with Gasteiger partial charge in [-0.3, -0.25) is 0 Å². The molecule has 0 saturated carbocycles. The van der Waals surface area contributed by atoms with Crippen molar-refractivity contribution in [1.82, 2.24) is 0 Å². The lowest BCUT2D eigenvalue weighted by Crippen LogP contribution is -2.24. The van der Waals surface area contributed by atoms with Crippen molar-refractivity contribution in [2.45, 2.75) is 23.0 Å². The molecule has 0 unspecified atom stereocenters. The van der Waals surface area contributed by atoms with Crippen LogP contribution in [0.3, 0.4) is 0 Å². The summed E-state index contributed by atoms with van der Waals surface area (Å²) in [6, 6.07) is 5.96. The number of hydrogen-bond acceptors (Lipinski definition) is 4. The van der Waals surface area contributed by atoms with Crippen LogP contribution >= 0.6 is 0 Å². The SMILES string of the molecule is N#Cc1cc(F)cc(Oc2ccc3c(c2C(F)F)CC(F)(F)S3(=O)=O)c1. The molecule has 0 spiro atoms. The summed E-state index contributed by atoms with van der Waals surface area (Å²) in [5.74, 6) is -1.77. The van der Waals surface area contributed by atoms with E-state index in [2.05, 4.69) is 0 Å². The lowest BCUT2D eigenvalue weighted by molar-refractivity contribution is 0.0960. The molecule has 10 heteroatoms. The molecule has 2 aromatic carbocycles. The number of alkyl halides is 4. The Balaban J connectivity index is 2.15. The van der Waals surface area contributed by atoms with Gasteiger partial charge in [-0.2, -0.15) is 14.0 Å². The van der Waals surface area contributed by atoms with Gasteiger partial charge in [-0.1, -0.05) is 0 Å². The lowest BCUT2D eigenvalue weighted by atomic mass is 10.0. The van der Waals surface area contributed by atoms with Gasteiger partial charge >= 0.3 is 5.25 Å². The minimum absolute atomic E-state index is 0.145. The minimum Gasteiger partial charge on any atom is -0.457 e. The third-order valence-corrected chi connectivity index (χ3v) is 5.68. The van der Waals surface area contributed by atoms with Gasteiger partial charge in [0.1, 0.15) is 17.3 Å². The molecule has 3 rings (SSSR count).